The maximum absolute atomic E-state index is 12.5. The van der Waals surface area contributed by atoms with Gasteiger partial charge in [0.05, 0.1) is 24.0 Å². The third-order valence-electron chi connectivity index (χ3n) is 6.44. The van der Waals surface area contributed by atoms with Crippen LogP contribution in [0.2, 0.25) is 0 Å². The number of sulfone groups is 1. The van der Waals surface area contributed by atoms with Crippen molar-refractivity contribution in [3.8, 4) is 0 Å². The summed E-state index contributed by atoms with van der Waals surface area (Å²) in [4.78, 5) is 17.0. The molecule has 0 radical (unpaired) electrons. The van der Waals surface area contributed by atoms with Gasteiger partial charge in [-0.15, -0.1) is 0 Å². The minimum absolute atomic E-state index is 0.0374. The summed E-state index contributed by atoms with van der Waals surface area (Å²) in [7, 11) is -2.93. The zero-order valence-corrected chi connectivity index (χ0v) is 18.6. The first-order valence-corrected chi connectivity index (χ1v) is 13.1. The smallest absolute Gasteiger partial charge is 0.224 e. The first-order chi connectivity index (χ1) is 13.8. The van der Waals surface area contributed by atoms with E-state index in [1.54, 1.807) is 0 Å². The van der Waals surface area contributed by atoms with Gasteiger partial charge in [0.1, 0.15) is 0 Å². The Morgan fingerprint density at radius 1 is 1.17 bits per heavy atom. The Morgan fingerprint density at radius 3 is 2.66 bits per heavy atom. The van der Waals surface area contributed by atoms with Gasteiger partial charge in [0.25, 0.3) is 0 Å². The van der Waals surface area contributed by atoms with Crippen LogP contribution in [0.5, 0.6) is 0 Å². The van der Waals surface area contributed by atoms with Gasteiger partial charge in [0.15, 0.2) is 15.0 Å². The van der Waals surface area contributed by atoms with E-state index in [9.17, 15) is 13.2 Å². The minimum Gasteiger partial charge on any atom is -0.353 e. The maximum Gasteiger partial charge on any atom is 0.224 e. The molecular weight excluding hydrogens is 406 g/mol. The van der Waals surface area contributed by atoms with E-state index >= 15 is 0 Å². The molecule has 1 aromatic rings. The number of fused-ring (bicyclic) bond motifs is 1. The standard InChI is InChI=1S/C21H29N3O3S2/c1-13-4-3-5-17(14(13)2)23-20(25)10-15-6-8-16(9-7-15)22-21-24-18-11-29(26,27)12-19(18)28-21/h6-9,13-14,17-19H,3-5,10-12H2,1-2H3,(H,22,24)(H,23,25)/t13-,14-,17+,18-,19-/m1/s1. The van der Waals surface area contributed by atoms with E-state index in [1.165, 1.54) is 24.6 Å². The van der Waals surface area contributed by atoms with Gasteiger partial charge in [0, 0.05) is 17.0 Å². The fourth-order valence-corrected chi connectivity index (χ4v) is 8.15. The Labute approximate surface area is 177 Å². The van der Waals surface area contributed by atoms with Crippen LogP contribution in [0.4, 0.5) is 5.69 Å². The van der Waals surface area contributed by atoms with Crippen molar-refractivity contribution in [3.05, 3.63) is 29.8 Å². The predicted octanol–water partition coefficient (Wildman–Crippen LogP) is 2.85. The summed E-state index contributed by atoms with van der Waals surface area (Å²) < 4.78 is 23.3. The fourth-order valence-electron chi connectivity index (χ4n) is 4.47. The van der Waals surface area contributed by atoms with Crippen LogP contribution in [0.1, 0.15) is 38.7 Å². The summed E-state index contributed by atoms with van der Waals surface area (Å²) in [5.74, 6) is 1.64. The second-order valence-corrected chi connectivity index (χ2v) is 12.1. The third kappa shape index (κ3) is 4.97. The number of nitrogens with one attached hydrogen (secondary N) is 2. The Balaban J connectivity index is 1.29. The Bertz CT molecular complexity index is 898. The van der Waals surface area contributed by atoms with Gasteiger partial charge in [-0.1, -0.05) is 50.6 Å². The number of benzene rings is 1. The molecule has 2 heterocycles. The van der Waals surface area contributed by atoms with E-state index in [4.69, 9.17) is 0 Å². The lowest BCUT2D eigenvalue weighted by Crippen LogP contribution is -2.44. The zero-order valence-electron chi connectivity index (χ0n) is 16.9. The SMILES string of the molecule is C[C@@H]1[C@H](C)CCC[C@@H]1NC(=O)Cc1ccc(NC2=N[C@@H]3CS(=O)(=O)C[C@H]3S2)cc1. The Kier molecular flexibility index (Phi) is 5.93. The molecule has 5 atom stereocenters. The van der Waals surface area contributed by atoms with Crippen LogP contribution in [0, 0.1) is 11.8 Å². The summed E-state index contributed by atoms with van der Waals surface area (Å²) in [5, 5.41) is 7.31. The monoisotopic (exact) mass is 435 g/mol. The number of hydrogen-bond donors (Lipinski definition) is 2. The lowest BCUT2D eigenvalue weighted by molar-refractivity contribution is -0.121. The molecule has 1 aliphatic carbocycles. The van der Waals surface area contributed by atoms with E-state index in [0.29, 0.717) is 18.3 Å². The van der Waals surface area contributed by atoms with Gasteiger partial charge in [-0.2, -0.15) is 0 Å². The van der Waals surface area contributed by atoms with E-state index in [2.05, 4.69) is 29.5 Å². The molecule has 0 unspecified atom stereocenters. The normalized spacial score (nSPS) is 33.0. The van der Waals surface area contributed by atoms with Crippen LogP contribution in [0.25, 0.3) is 0 Å². The van der Waals surface area contributed by atoms with Crippen molar-refractivity contribution in [2.24, 2.45) is 16.8 Å². The van der Waals surface area contributed by atoms with Crippen LogP contribution >= 0.6 is 11.8 Å². The Morgan fingerprint density at radius 2 is 1.93 bits per heavy atom. The molecule has 2 N–H and O–H groups in total. The number of carbonyl (C=O) groups is 1. The molecular formula is C21H29N3O3S2. The van der Waals surface area contributed by atoms with Gasteiger partial charge in [0.2, 0.25) is 5.91 Å². The Hall–Kier alpha value is -1.54. The minimum atomic E-state index is -2.93. The van der Waals surface area contributed by atoms with Crippen molar-refractivity contribution in [3.63, 3.8) is 0 Å². The molecule has 1 saturated heterocycles. The number of carbonyl (C=O) groups excluding carboxylic acids is 1. The summed E-state index contributed by atoms with van der Waals surface area (Å²) >= 11 is 1.51. The van der Waals surface area contributed by atoms with Crippen molar-refractivity contribution >= 4 is 38.4 Å². The highest BCUT2D eigenvalue weighted by atomic mass is 32.2. The molecule has 29 heavy (non-hydrogen) atoms. The molecule has 4 rings (SSSR count). The third-order valence-corrected chi connectivity index (χ3v) is 9.58. The molecule has 6 nitrogen and oxygen atoms in total. The van der Waals surface area contributed by atoms with E-state index in [1.807, 2.05) is 24.3 Å². The van der Waals surface area contributed by atoms with Crippen LogP contribution in [0.15, 0.2) is 29.3 Å². The molecule has 0 aromatic heterocycles. The molecule has 158 valence electrons. The maximum atomic E-state index is 12.5. The molecule has 3 aliphatic rings. The topological polar surface area (TPSA) is 87.6 Å². The summed E-state index contributed by atoms with van der Waals surface area (Å²) in [6.07, 6.45) is 3.90. The number of amidine groups is 1. The number of anilines is 1. The number of amides is 1. The number of nitrogens with zero attached hydrogens (tertiary/aromatic N) is 1. The molecule has 0 bridgehead atoms. The van der Waals surface area contributed by atoms with Crippen LogP contribution in [-0.4, -0.2) is 48.3 Å². The lowest BCUT2D eigenvalue weighted by atomic mass is 9.78. The van der Waals surface area contributed by atoms with Gasteiger partial charge in [-0.3, -0.25) is 9.79 Å². The van der Waals surface area contributed by atoms with Crippen molar-refractivity contribution in [1.82, 2.24) is 5.32 Å². The van der Waals surface area contributed by atoms with E-state index in [-0.39, 0.29) is 34.7 Å². The van der Waals surface area contributed by atoms with Crippen LogP contribution < -0.4 is 10.6 Å². The quantitative estimate of drug-likeness (QED) is 0.759. The second-order valence-electron chi connectivity index (χ2n) is 8.67. The lowest BCUT2D eigenvalue weighted by Gasteiger charge is -2.34. The zero-order chi connectivity index (χ0) is 20.6. The summed E-state index contributed by atoms with van der Waals surface area (Å²) in [6.45, 7) is 4.51. The summed E-state index contributed by atoms with van der Waals surface area (Å²) in [5.41, 5.74) is 1.88. The largest absolute Gasteiger partial charge is 0.353 e. The molecule has 1 aromatic carbocycles. The van der Waals surface area contributed by atoms with Crippen molar-refractivity contribution in [2.45, 2.75) is 56.9 Å². The second kappa shape index (κ2) is 8.30. The number of aliphatic imine (C=N–C) groups is 1. The molecule has 2 fully saturated rings. The van der Waals surface area contributed by atoms with Crippen molar-refractivity contribution < 1.29 is 13.2 Å². The van der Waals surface area contributed by atoms with Crippen molar-refractivity contribution in [2.75, 3.05) is 16.8 Å². The number of hydrogen-bond acceptors (Lipinski definition) is 6. The fraction of sp³-hybridized carbons (Fsp3) is 0.619. The van der Waals surface area contributed by atoms with E-state index in [0.717, 1.165) is 22.8 Å². The molecule has 1 saturated carbocycles. The highest BCUT2D eigenvalue weighted by Gasteiger charge is 2.42. The predicted molar refractivity (Wildman–Crippen MR) is 119 cm³/mol. The first kappa shape index (κ1) is 20.7. The van der Waals surface area contributed by atoms with Gasteiger partial charge >= 0.3 is 0 Å². The highest BCUT2D eigenvalue weighted by Crippen LogP contribution is 2.34. The van der Waals surface area contributed by atoms with Crippen molar-refractivity contribution in [1.29, 1.82) is 0 Å². The number of rotatable bonds is 4. The molecule has 2 aliphatic heterocycles. The average Bonchev–Trinajstić information content (AvgIpc) is 3.13. The first-order valence-electron chi connectivity index (χ1n) is 10.4. The van der Waals surface area contributed by atoms with Gasteiger partial charge < -0.3 is 10.6 Å². The number of thioether (sulfide) groups is 1. The van der Waals surface area contributed by atoms with Gasteiger partial charge in [-0.05, 0) is 36.0 Å². The van der Waals surface area contributed by atoms with Crippen LogP contribution in [-0.2, 0) is 21.1 Å². The summed E-state index contributed by atoms with van der Waals surface area (Å²) in [6, 6.07) is 7.97. The van der Waals surface area contributed by atoms with E-state index < -0.39 is 9.84 Å². The molecule has 8 heteroatoms. The highest BCUT2D eigenvalue weighted by molar-refractivity contribution is 8.15. The average molecular weight is 436 g/mol. The van der Waals surface area contributed by atoms with Crippen LogP contribution in [0.3, 0.4) is 0 Å². The molecule has 0 spiro atoms. The van der Waals surface area contributed by atoms with Gasteiger partial charge in [-0.25, -0.2) is 8.42 Å². The molecule has 1 amide bonds.